The number of nitrogens with one attached hydrogen (secondary N) is 1. The highest BCUT2D eigenvalue weighted by Crippen LogP contribution is 2.35. The molecule has 2 aliphatic heterocycles. The molecule has 5 heterocycles. The fourth-order valence-electron chi connectivity index (χ4n) is 4.51. The molecule has 2 aliphatic rings. The number of piperidine rings is 1. The molecule has 3 atom stereocenters. The first-order valence-electron chi connectivity index (χ1n) is 11.6. The average Bonchev–Trinajstić information content (AvgIpc) is 2.80. The number of alkyl halides is 1. The highest BCUT2D eigenvalue weighted by atomic mass is 19.1. The zero-order valence-corrected chi connectivity index (χ0v) is 19.2. The third-order valence-electron chi connectivity index (χ3n) is 6.68. The van der Waals surface area contributed by atoms with Crippen molar-refractivity contribution < 1.29 is 9.50 Å². The van der Waals surface area contributed by atoms with E-state index in [0.717, 1.165) is 23.1 Å². The maximum absolute atomic E-state index is 14.0. The SMILES string of the molecule is CC(C)c1cnc(N2CC[C@@H]2C)c2cnc(Nc3ccnc(N4CC[C@@H](O)[C@@H](F)C4)n3)cc12. The third-order valence-corrected chi connectivity index (χ3v) is 6.68. The van der Waals surface area contributed by atoms with Crippen LogP contribution in [0, 0.1) is 0 Å². The van der Waals surface area contributed by atoms with Crippen LogP contribution in [0.1, 0.15) is 45.1 Å². The van der Waals surface area contributed by atoms with Crippen LogP contribution in [0.15, 0.2) is 30.7 Å². The molecule has 0 amide bonds. The third kappa shape index (κ3) is 4.17. The monoisotopic (exact) mass is 451 g/mol. The van der Waals surface area contributed by atoms with E-state index in [1.807, 2.05) is 12.4 Å². The van der Waals surface area contributed by atoms with E-state index in [-0.39, 0.29) is 6.54 Å². The molecule has 3 aromatic rings. The Kier molecular flexibility index (Phi) is 5.74. The highest BCUT2D eigenvalue weighted by molar-refractivity contribution is 5.96. The Morgan fingerprint density at radius 3 is 2.64 bits per heavy atom. The van der Waals surface area contributed by atoms with E-state index in [2.05, 4.69) is 52.0 Å². The minimum atomic E-state index is -1.30. The summed E-state index contributed by atoms with van der Waals surface area (Å²) in [6, 6.07) is 4.31. The smallest absolute Gasteiger partial charge is 0.227 e. The lowest BCUT2D eigenvalue weighted by Gasteiger charge is -2.40. The fraction of sp³-hybridized carbons (Fsp3) is 0.500. The van der Waals surface area contributed by atoms with Gasteiger partial charge in [0, 0.05) is 43.1 Å². The number of nitrogens with zero attached hydrogens (tertiary/aromatic N) is 6. The minimum Gasteiger partial charge on any atom is -0.390 e. The molecule has 0 spiro atoms. The van der Waals surface area contributed by atoms with Crippen LogP contribution in [0.3, 0.4) is 0 Å². The van der Waals surface area contributed by atoms with Crippen LogP contribution >= 0.6 is 0 Å². The highest BCUT2D eigenvalue weighted by Gasteiger charge is 2.29. The lowest BCUT2D eigenvalue weighted by Crippen LogP contribution is -2.46. The topological polar surface area (TPSA) is 90.3 Å². The van der Waals surface area contributed by atoms with Gasteiger partial charge in [-0.2, -0.15) is 4.98 Å². The maximum atomic E-state index is 14.0. The van der Waals surface area contributed by atoms with Gasteiger partial charge in [0.15, 0.2) is 0 Å². The summed E-state index contributed by atoms with van der Waals surface area (Å²) in [5.74, 6) is 3.03. The van der Waals surface area contributed by atoms with Crippen LogP contribution in [-0.2, 0) is 0 Å². The molecule has 2 saturated heterocycles. The van der Waals surface area contributed by atoms with Crippen LogP contribution in [0.25, 0.3) is 10.8 Å². The molecule has 0 aliphatic carbocycles. The summed E-state index contributed by atoms with van der Waals surface area (Å²) in [6.07, 6.45) is 4.84. The summed E-state index contributed by atoms with van der Waals surface area (Å²) in [4.78, 5) is 22.4. The van der Waals surface area contributed by atoms with Gasteiger partial charge < -0.3 is 20.2 Å². The number of halogens is 1. The second-order valence-electron chi connectivity index (χ2n) is 9.32. The summed E-state index contributed by atoms with van der Waals surface area (Å²) in [5.41, 5.74) is 1.18. The van der Waals surface area contributed by atoms with E-state index in [9.17, 15) is 9.50 Å². The maximum Gasteiger partial charge on any atom is 0.227 e. The molecule has 2 N–H and O–H groups in total. The molecule has 0 unspecified atom stereocenters. The number of aliphatic hydroxyl groups is 1. The van der Waals surface area contributed by atoms with E-state index in [0.29, 0.717) is 42.5 Å². The Labute approximate surface area is 192 Å². The zero-order valence-electron chi connectivity index (χ0n) is 19.2. The van der Waals surface area contributed by atoms with Gasteiger partial charge in [-0.05, 0) is 48.8 Å². The van der Waals surface area contributed by atoms with Gasteiger partial charge in [0.2, 0.25) is 5.95 Å². The van der Waals surface area contributed by atoms with E-state index in [4.69, 9.17) is 4.98 Å². The normalized spacial score (nSPS) is 23.2. The van der Waals surface area contributed by atoms with Crippen LogP contribution in [0.4, 0.5) is 27.8 Å². The summed E-state index contributed by atoms with van der Waals surface area (Å²) in [6.45, 7) is 8.17. The Balaban J connectivity index is 1.44. The Morgan fingerprint density at radius 1 is 1.09 bits per heavy atom. The first kappa shape index (κ1) is 21.8. The Hall–Kier alpha value is -3.07. The molecule has 0 aromatic carbocycles. The summed E-state index contributed by atoms with van der Waals surface area (Å²) in [5, 5.41) is 15.1. The van der Waals surface area contributed by atoms with Crippen molar-refractivity contribution in [3.63, 3.8) is 0 Å². The van der Waals surface area contributed by atoms with Crippen molar-refractivity contribution in [3.05, 3.63) is 36.3 Å². The summed E-state index contributed by atoms with van der Waals surface area (Å²) >= 11 is 0. The van der Waals surface area contributed by atoms with Crippen molar-refractivity contribution in [2.75, 3.05) is 34.8 Å². The minimum absolute atomic E-state index is 0.0846. The molecule has 0 radical (unpaired) electrons. The molecule has 5 rings (SSSR count). The van der Waals surface area contributed by atoms with Gasteiger partial charge in [0.1, 0.15) is 23.6 Å². The molecule has 174 valence electrons. The van der Waals surface area contributed by atoms with Crippen molar-refractivity contribution in [1.82, 2.24) is 19.9 Å². The van der Waals surface area contributed by atoms with Crippen molar-refractivity contribution in [3.8, 4) is 0 Å². The molecule has 3 aromatic heterocycles. The van der Waals surface area contributed by atoms with Crippen molar-refractivity contribution >= 4 is 34.2 Å². The molecule has 33 heavy (non-hydrogen) atoms. The molecule has 9 heteroatoms. The number of hydrogen-bond donors (Lipinski definition) is 2. The number of rotatable bonds is 5. The number of fused-ring (bicyclic) bond motifs is 1. The van der Waals surface area contributed by atoms with Gasteiger partial charge in [-0.25, -0.2) is 19.3 Å². The first-order valence-corrected chi connectivity index (χ1v) is 11.6. The number of aromatic nitrogens is 4. The second-order valence-corrected chi connectivity index (χ2v) is 9.32. The van der Waals surface area contributed by atoms with Crippen LogP contribution < -0.4 is 15.1 Å². The van der Waals surface area contributed by atoms with E-state index in [1.165, 1.54) is 12.0 Å². The number of pyridine rings is 2. The second kappa shape index (κ2) is 8.70. The van der Waals surface area contributed by atoms with E-state index >= 15 is 0 Å². The predicted molar refractivity (Wildman–Crippen MR) is 128 cm³/mol. The molecular formula is C24H30FN7O. The number of aliphatic hydroxyl groups excluding tert-OH is 1. The van der Waals surface area contributed by atoms with Gasteiger partial charge in [-0.1, -0.05) is 13.8 Å². The van der Waals surface area contributed by atoms with Gasteiger partial charge in [-0.3, -0.25) is 0 Å². The van der Waals surface area contributed by atoms with Gasteiger partial charge in [0.25, 0.3) is 0 Å². The predicted octanol–water partition coefficient (Wildman–Crippen LogP) is 3.79. The molecule has 2 fully saturated rings. The standard InChI is InChI=1S/C24H30FN7O/c1-14(2)17-11-28-23(32-9-5-15(32)3)18-12-27-22(10-16(17)18)29-21-4-7-26-24(30-21)31-8-6-20(33)19(25)13-31/h4,7,10-12,14-15,19-20,33H,5-6,8-9,13H2,1-3H3,(H,26,27,29,30)/t15-,19-,20+/m0/s1. The van der Waals surface area contributed by atoms with Gasteiger partial charge >= 0.3 is 0 Å². The molecular weight excluding hydrogens is 421 g/mol. The lowest BCUT2D eigenvalue weighted by molar-refractivity contribution is 0.0612. The average molecular weight is 452 g/mol. The first-order chi connectivity index (χ1) is 15.9. The van der Waals surface area contributed by atoms with Crippen LogP contribution in [0.5, 0.6) is 0 Å². The molecule has 0 bridgehead atoms. The van der Waals surface area contributed by atoms with Crippen molar-refractivity contribution in [2.45, 2.75) is 57.8 Å². The fourth-order valence-corrected chi connectivity index (χ4v) is 4.51. The van der Waals surface area contributed by atoms with Gasteiger partial charge in [-0.15, -0.1) is 0 Å². The number of anilines is 4. The summed E-state index contributed by atoms with van der Waals surface area (Å²) in [7, 11) is 0. The molecule has 8 nitrogen and oxygen atoms in total. The number of hydrogen-bond acceptors (Lipinski definition) is 8. The zero-order chi connectivity index (χ0) is 23.1. The van der Waals surface area contributed by atoms with Gasteiger partial charge in [0.05, 0.1) is 12.6 Å². The van der Waals surface area contributed by atoms with Crippen LogP contribution in [-0.4, -0.2) is 63.0 Å². The largest absolute Gasteiger partial charge is 0.390 e. The molecule has 0 saturated carbocycles. The Bertz CT molecular complexity index is 1160. The Morgan fingerprint density at radius 2 is 1.94 bits per heavy atom. The lowest BCUT2D eigenvalue weighted by atomic mass is 9.97. The van der Waals surface area contributed by atoms with Crippen molar-refractivity contribution in [1.29, 1.82) is 0 Å². The quantitative estimate of drug-likeness (QED) is 0.606. The van der Waals surface area contributed by atoms with E-state index in [1.54, 1.807) is 17.2 Å². The summed E-state index contributed by atoms with van der Waals surface area (Å²) < 4.78 is 14.0. The van der Waals surface area contributed by atoms with E-state index < -0.39 is 12.3 Å². The van der Waals surface area contributed by atoms with Crippen molar-refractivity contribution in [2.24, 2.45) is 0 Å². The van der Waals surface area contributed by atoms with Crippen LogP contribution in [0.2, 0.25) is 0 Å².